The third-order valence-electron chi connectivity index (χ3n) is 4.46. The van der Waals surface area contributed by atoms with E-state index in [9.17, 15) is 4.79 Å². The maximum absolute atomic E-state index is 12.3. The lowest BCUT2D eigenvalue weighted by atomic mass is 10.0. The minimum atomic E-state index is 0.0745. The summed E-state index contributed by atoms with van der Waals surface area (Å²) in [4.78, 5) is 14.7. The second-order valence-electron chi connectivity index (χ2n) is 6.14. The van der Waals surface area contributed by atoms with Crippen molar-refractivity contribution in [2.24, 2.45) is 0 Å². The molecule has 5 heteroatoms. The van der Waals surface area contributed by atoms with Gasteiger partial charge in [-0.15, -0.1) is 0 Å². The SMILES string of the molecule is O=C(CNCC(c1ccccc1)N1CCOCC1)c1ccc(Cl)cc1. The summed E-state index contributed by atoms with van der Waals surface area (Å²) in [5, 5.41) is 3.97. The molecule has 1 saturated heterocycles. The molecule has 4 nitrogen and oxygen atoms in total. The minimum Gasteiger partial charge on any atom is -0.379 e. The van der Waals surface area contributed by atoms with Crippen molar-refractivity contribution >= 4 is 17.4 Å². The van der Waals surface area contributed by atoms with Gasteiger partial charge in [-0.1, -0.05) is 41.9 Å². The molecular formula is C20H23ClN2O2. The Morgan fingerprint density at radius 1 is 1.08 bits per heavy atom. The molecule has 0 saturated carbocycles. The third kappa shape index (κ3) is 5.13. The maximum Gasteiger partial charge on any atom is 0.176 e. The Morgan fingerprint density at radius 3 is 2.44 bits per heavy atom. The Balaban J connectivity index is 1.60. The van der Waals surface area contributed by atoms with Gasteiger partial charge in [0.25, 0.3) is 0 Å². The molecule has 0 bridgehead atoms. The van der Waals surface area contributed by atoms with Crippen LogP contribution in [0.4, 0.5) is 0 Å². The summed E-state index contributed by atoms with van der Waals surface area (Å²) in [6, 6.07) is 17.7. The molecule has 0 amide bonds. The van der Waals surface area contributed by atoms with Gasteiger partial charge < -0.3 is 10.1 Å². The average Bonchev–Trinajstić information content (AvgIpc) is 2.67. The van der Waals surface area contributed by atoms with Crippen LogP contribution in [-0.2, 0) is 4.74 Å². The van der Waals surface area contributed by atoms with Crippen molar-refractivity contribution in [2.45, 2.75) is 6.04 Å². The Labute approximate surface area is 153 Å². The molecule has 1 atom stereocenters. The van der Waals surface area contributed by atoms with Gasteiger partial charge in [-0.3, -0.25) is 9.69 Å². The van der Waals surface area contributed by atoms with Crippen LogP contribution in [0.15, 0.2) is 54.6 Å². The van der Waals surface area contributed by atoms with Crippen molar-refractivity contribution < 1.29 is 9.53 Å². The van der Waals surface area contributed by atoms with Gasteiger partial charge in [0.15, 0.2) is 5.78 Å². The van der Waals surface area contributed by atoms with E-state index in [2.05, 4.69) is 34.5 Å². The first kappa shape index (κ1) is 18.1. The monoisotopic (exact) mass is 358 g/mol. The first-order chi connectivity index (χ1) is 12.2. The highest BCUT2D eigenvalue weighted by atomic mass is 35.5. The van der Waals surface area contributed by atoms with Crippen molar-refractivity contribution in [3.63, 3.8) is 0 Å². The summed E-state index contributed by atoms with van der Waals surface area (Å²) < 4.78 is 5.47. The highest BCUT2D eigenvalue weighted by Gasteiger charge is 2.22. The lowest BCUT2D eigenvalue weighted by molar-refractivity contribution is 0.0162. The van der Waals surface area contributed by atoms with E-state index in [1.54, 1.807) is 24.3 Å². The molecule has 2 aromatic carbocycles. The normalized spacial score (nSPS) is 16.5. The zero-order valence-electron chi connectivity index (χ0n) is 14.2. The molecular weight excluding hydrogens is 336 g/mol. The van der Waals surface area contributed by atoms with E-state index in [0.29, 0.717) is 17.1 Å². The number of nitrogens with one attached hydrogen (secondary N) is 1. The van der Waals surface area contributed by atoms with Crippen molar-refractivity contribution in [1.82, 2.24) is 10.2 Å². The predicted molar refractivity (Wildman–Crippen MR) is 100 cm³/mol. The molecule has 25 heavy (non-hydrogen) atoms. The van der Waals surface area contributed by atoms with Crippen molar-refractivity contribution in [1.29, 1.82) is 0 Å². The average molecular weight is 359 g/mol. The van der Waals surface area contributed by atoms with E-state index in [1.165, 1.54) is 5.56 Å². The van der Waals surface area contributed by atoms with E-state index < -0.39 is 0 Å². The number of ketones is 1. The fourth-order valence-electron chi connectivity index (χ4n) is 3.08. The smallest absolute Gasteiger partial charge is 0.176 e. The quantitative estimate of drug-likeness (QED) is 0.772. The number of rotatable bonds is 7. The zero-order valence-corrected chi connectivity index (χ0v) is 14.9. The molecule has 2 aromatic rings. The molecule has 1 fully saturated rings. The Hall–Kier alpha value is -1.72. The van der Waals surface area contributed by atoms with Gasteiger partial charge in [0, 0.05) is 36.3 Å². The summed E-state index contributed by atoms with van der Waals surface area (Å²) in [6.07, 6.45) is 0. The standard InChI is InChI=1S/C20H23ClN2O2/c21-18-8-6-17(7-9-18)20(24)15-22-14-19(16-4-2-1-3-5-16)23-10-12-25-13-11-23/h1-9,19,22H,10-15H2. The van der Waals surface area contributed by atoms with E-state index in [4.69, 9.17) is 16.3 Å². The summed E-state index contributed by atoms with van der Waals surface area (Å²) in [5.74, 6) is 0.0745. The molecule has 0 aromatic heterocycles. The van der Waals surface area contributed by atoms with Gasteiger partial charge in [-0.05, 0) is 29.8 Å². The van der Waals surface area contributed by atoms with E-state index in [-0.39, 0.29) is 11.8 Å². The third-order valence-corrected chi connectivity index (χ3v) is 4.71. The summed E-state index contributed by atoms with van der Waals surface area (Å²) >= 11 is 5.87. The number of benzene rings is 2. The molecule has 0 aliphatic carbocycles. The Bertz CT molecular complexity index is 670. The number of nitrogens with zero attached hydrogens (tertiary/aromatic N) is 1. The molecule has 1 aliphatic rings. The van der Waals surface area contributed by atoms with Gasteiger partial charge >= 0.3 is 0 Å². The van der Waals surface area contributed by atoms with Gasteiger partial charge in [0.05, 0.1) is 19.8 Å². The number of hydrogen-bond acceptors (Lipinski definition) is 4. The molecule has 1 N–H and O–H groups in total. The molecule has 0 radical (unpaired) electrons. The van der Waals surface area contributed by atoms with Gasteiger partial charge in [0.1, 0.15) is 0 Å². The number of ether oxygens (including phenoxy) is 1. The Morgan fingerprint density at radius 2 is 1.76 bits per heavy atom. The zero-order chi connectivity index (χ0) is 17.5. The molecule has 0 spiro atoms. The lowest BCUT2D eigenvalue weighted by Crippen LogP contribution is -2.43. The molecule has 1 heterocycles. The number of hydrogen-bond donors (Lipinski definition) is 1. The second-order valence-corrected chi connectivity index (χ2v) is 6.57. The van der Waals surface area contributed by atoms with Crippen LogP contribution in [0.5, 0.6) is 0 Å². The first-order valence-electron chi connectivity index (χ1n) is 8.60. The predicted octanol–water partition coefficient (Wildman–Crippen LogP) is 3.19. The van der Waals surface area contributed by atoms with Crippen LogP contribution in [0.2, 0.25) is 5.02 Å². The van der Waals surface area contributed by atoms with Crippen molar-refractivity contribution in [2.75, 3.05) is 39.4 Å². The van der Waals surface area contributed by atoms with Crippen LogP contribution in [0, 0.1) is 0 Å². The van der Waals surface area contributed by atoms with E-state index in [0.717, 1.165) is 32.8 Å². The van der Waals surface area contributed by atoms with Crippen LogP contribution in [0.25, 0.3) is 0 Å². The van der Waals surface area contributed by atoms with E-state index in [1.807, 2.05) is 6.07 Å². The van der Waals surface area contributed by atoms with Crippen LogP contribution in [0.1, 0.15) is 22.0 Å². The van der Waals surface area contributed by atoms with Gasteiger partial charge in [0.2, 0.25) is 0 Å². The number of morpholine rings is 1. The van der Waals surface area contributed by atoms with Crippen LogP contribution >= 0.6 is 11.6 Å². The summed E-state index contributed by atoms with van der Waals surface area (Å²) in [5.41, 5.74) is 1.94. The second kappa shape index (κ2) is 9.11. The Kier molecular flexibility index (Phi) is 6.59. The van der Waals surface area contributed by atoms with E-state index >= 15 is 0 Å². The molecule has 1 aliphatic heterocycles. The topological polar surface area (TPSA) is 41.6 Å². The van der Waals surface area contributed by atoms with Gasteiger partial charge in [-0.25, -0.2) is 0 Å². The van der Waals surface area contributed by atoms with Crippen molar-refractivity contribution in [3.05, 3.63) is 70.7 Å². The molecule has 132 valence electrons. The largest absolute Gasteiger partial charge is 0.379 e. The van der Waals surface area contributed by atoms with Crippen LogP contribution in [0.3, 0.4) is 0 Å². The summed E-state index contributed by atoms with van der Waals surface area (Å²) in [6.45, 7) is 4.37. The van der Waals surface area contributed by atoms with Crippen molar-refractivity contribution in [3.8, 4) is 0 Å². The number of halogens is 1. The number of carbonyl (C=O) groups excluding carboxylic acids is 1. The van der Waals surface area contributed by atoms with Gasteiger partial charge in [-0.2, -0.15) is 0 Å². The highest BCUT2D eigenvalue weighted by molar-refractivity contribution is 6.30. The molecule has 3 rings (SSSR count). The minimum absolute atomic E-state index is 0.0745. The fourth-order valence-corrected chi connectivity index (χ4v) is 3.21. The lowest BCUT2D eigenvalue weighted by Gasteiger charge is -2.35. The first-order valence-corrected chi connectivity index (χ1v) is 8.98. The number of carbonyl (C=O) groups is 1. The number of Topliss-reactive ketones (excluding diaryl/α,β-unsaturated/α-hetero) is 1. The molecule has 1 unspecified atom stereocenters. The van der Waals surface area contributed by atoms with Crippen LogP contribution < -0.4 is 5.32 Å². The maximum atomic E-state index is 12.3. The summed E-state index contributed by atoms with van der Waals surface area (Å²) in [7, 11) is 0. The highest BCUT2D eigenvalue weighted by Crippen LogP contribution is 2.21. The fraction of sp³-hybridized carbons (Fsp3) is 0.350. The van der Waals surface area contributed by atoms with Crippen LogP contribution in [-0.4, -0.2) is 50.1 Å².